The molecule has 0 atom stereocenters. The molecule has 1 heterocycles. The van der Waals surface area contributed by atoms with Crippen LogP contribution in [0.4, 0.5) is 10.7 Å². The topological polar surface area (TPSA) is 81.6 Å². The van der Waals surface area contributed by atoms with Crippen LogP contribution in [0.15, 0.2) is 35.7 Å². The van der Waals surface area contributed by atoms with Crippen LogP contribution in [-0.4, -0.2) is 29.3 Å². The van der Waals surface area contributed by atoms with Gasteiger partial charge in [-0.15, -0.1) is 11.3 Å². The fraction of sp³-hybridized carbons (Fsp3) is 0.267. The monoisotopic (exact) mass is 352 g/mol. The number of carbonyl (C=O) groups is 1. The lowest BCUT2D eigenvalue weighted by molar-refractivity contribution is -0.115. The molecular weight excluding hydrogens is 331 g/mol. The van der Waals surface area contributed by atoms with Gasteiger partial charge in [-0.2, -0.15) is 0 Å². The minimum absolute atomic E-state index is 0.142. The van der Waals surface area contributed by atoms with Gasteiger partial charge < -0.3 is 20.1 Å². The average molecular weight is 352 g/mol. The third-order valence-electron chi connectivity index (χ3n) is 2.69. The van der Waals surface area contributed by atoms with Gasteiger partial charge in [0.1, 0.15) is 0 Å². The normalized spacial score (nSPS) is 9.61. The number of benzene rings is 1. The molecule has 0 aliphatic rings. The number of hydrogen-bond acceptors (Lipinski definition) is 6. The summed E-state index contributed by atoms with van der Waals surface area (Å²) in [6.45, 7) is 4.00. The maximum Gasteiger partial charge on any atom is 0.489 e. The van der Waals surface area contributed by atoms with Crippen molar-refractivity contribution < 1.29 is 14.8 Å². The van der Waals surface area contributed by atoms with Crippen molar-refractivity contribution in [2.75, 3.05) is 16.3 Å². The maximum absolute atomic E-state index is 12.0. The molecule has 1 aromatic heterocycles. The molecule has 23 heavy (non-hydrogen) atoms. The molecule has 0 aliphatic carbocycles. The molecule has 1 aromatic carbocycles. The lowest BCUT2D eigenvalue weighted by atomic mass is 9.83. The van der Waals surface area contributed by atoms with Crippen LogP contribution in [0.3, 0.4) is 0 Å². The highest BCUT2D eigenvalue weighted by molar-refractivity contribution is 7.99. The minimum atomic E-state index is -1.51. The number of amides is 1. The van der Waals surface area contributed by atoms with Crippen molar-refractivity contribution in [3.63, 3.8) is 0 Å². The van der Waals surface area contributed by atoms with E-state index in [0.717, 1.165) is 11.3 Å². The molecular formula is C15H21BN2O3S2. The lowest BCUT2D eigenvalue weighted by Crippen LogP contribution is -2.28. The second-order valence-electron chi connectivity index (χ2n) is 4.35. The fourth-order valence-corrected chi connectivity index (χ4v) is 2.97. The van der Waals surface area contributed by atoms with Crippen molar-refractivity contribution in [1.29, 1.82) is 0 Å². The number of nitrogens with one attached hydrogen (secondary N) is 2. The van der Waals surface area contributed by atoms with Crippen LogP contribution in [0.2, 0.25) is 0 Å². The van der Waals surface area contributed by atoms with E-state index in [-0.39, 0.29) is 12.3 Å². The lowest BCUT2D eigenvalue weighted by Gasteiger charge is -2.06. The number of carbonyl (C=O) groups excluding carboxylic acids is 1. The number of anilines is 2. The minimum Gasteiger partial charge on any atom is -0.423 e. The van der Waals surface area contributed by atoms with Gasteiger partial charge in [-0.25, -0.2) is 0 Å². The molecule has 0 bridgehead atoms. The molecule has 4 N–H and O–H groups in total. The predicted molar refractivity (Wildman–Crippen MR) is 101 cm³/mol. The Balaban J connectivity index is 0.00000127. The van der Waals surface area contributed by atoms with Gasteiger partial charge >= 0.3 is 7.12 Å². The van der Waals surface area contributed by atoms with Crippen molar-refractivity contribution in [3.8, 4) is 0 Å². The zero-order valence-corrected chi connectivity index (χ0v) is 15.0. The first-order valence-corrected chi connectivity index (χ1v) is 9.31. The van der Waals surface area contributed by atoms with Gasteiger partial charge in [0.15, 0.2) is 0 Å². The summed E-state index contributed by atoms with van der Waals surface area (Å²) in [5, 5.41) is 23.0. The summed E-state index contributed by atoms with van der Waals surface area (Å²) in [7, 11) is -1.51. The molecule has 0 radical (unpaired) electrons. The smallest absolute Gasteiger partial charge is 0.423 e. The molecule has 2 aromatic rings. The first-order chi connectivity index (χ1) is 11.1. The van der Waals surface area contributed by atoms with E-state index in [9.17, 15) is 4.79 Å². The zero-order valence-electron chi connectivity index (χ0n) is 13.4. The van der Waals surface area contributed by atoms with Gasteiger partial charge in [0.05, 0.1) is 11.4 Å². The summed E-state index contributed by atoms with van der Waals surface area (Å²) >= 11 is 2.75. The van der Waals surface area contributed by atoms with Gasteiger partial charge in [-0.05, 0) is 34.6 Å². The van der Waals surface area contributed by atoms with Crippen LogP contribution < -0.4 is 15.5 Å². The Morgan fingerprint density at radius 1 is 1.30 bits per heavy atom. The van der Waals surface area contributed by atoms with Gasteiger partial charge in [-0.3, -0.25) is 4.79 Å². The molecule has 1 amide bonds. The average Bonchev–Trinajstić information content (AvgIpc) is 2.98. The summed E-state index contributed by atoms with van der Waals surface area (Å²) in [5.41, 5.74) is 2.24. The van der Waals surface area contributed by atoms with Crippen molar-refractivity contribution >= 4 is 52.5 Å². The third-order valence-corrected chi connectivity index (χ3v) is 4.00. The van der Waals surface area contributed by atoms with E-state index < -0.39 is 7.12 Å². The maximum atomic E-state index is 12.0. The Morgan fingerprint density at radius 2 is 2.04 bits per heavy atom. The Kier molecular flexibility index (Phi) is 8.79. The highest BCUT2D eigenvalue weighted by atomic mass is 32.2. The van der Waals surface area contributed by atoms with Crippen LogP contribution in [0.5, 0.6) is 0 Å². The fourth-order valence-electron chi connectivity index (χ4n) is 1.78. The standard InChI is InChI=1S/C13H15BN2O3S2.C2H6/c1-20-16-11-4-2-3-9(5-11)6-12(17)15-13-7-10(8-21-13)14(18)19;1-2/h2-5,7-8,16,18-19H,6H2,1H3,(H,15,17);1-2H3. The van der Waals surface area contributed by atoms with Crippen molar-refractivity contribution in [2.45, 2.75) is 20.3 Å². The van der Waals surface area contributed by atoms with Crippen molar-refractivity contribution in [3.05, 3.63) is 41.3 Å². The number of thiophene rings is 1. The molecule has 0 saturated heterocycles. The van der Waals surface area contributed by atoms with E-state index >= 15 is 0 Å². The molecule has 0 saturated carbocycles. The van der Waals surface area contributed by atoms with Crippen LogP contribution in [0.1, 0.15) is 19.4 Å². The van der Waals surface area contributed by atoms with E-state index in [1.54, 1.807) is 11.4 Å². The van der Waals surface area contributed by atoms with Crippen LogP contribution in [0.25, 0.3) is 0 Å². The molecule has 0 unspecified atom stereocenters. The SMILES string of the molecule is CC.CSNc1cccc(CC(=O)Nc2cc(B(O)O)cs2)c1. The summed E-state index contributed by atoms with van der Waals surface area (Å²) in [4.78, 5) is 12.0. The van der Waals surface area contributed by atoms with Crippen LogP contribution in [0, 0.1) is 0 Å². The second kappa shape index (κ2) is 10.3. The Hall–Kier alpha value is -1.48. The van der Waals surface area contributed by atoms with Crippen LogP contribution >= 0.6 is 23.3 Å². The predicted octanol–water partition coefficient (Wildman–Crippen LogP) is 2.33. The van der Waals surface area contributed by atoms with Gasteiger partial charge in [0, 0.05) is 11.9 Å². The third kappa shape index (κ3) is 6.66. The van der Waals surface area contributed by atoms with E-state index in [1.807, 2.05) is 44.4 Å². The Bertz CT molecular complexity index is 620. The summed E-state index contributed by atoms with van der Waals surface area (Å²) in [6.07, 6.45) is 2.20. The molecule has 5 nitrogen and oxygen atoms in total. The van der Waals surface area contributed by atoms with E-state index in [2.05, 4.69) is 10.0 Å². The first kappa shape index (κ1) is 19.6. The van der Waals surface area contributed by atoms with Gasteiger partial charge in [-0.1, -0.05) is 37.9 Å². The molecule has 2 rings (SSSR count). The quantitative estimate of drug-likeness (QED) is 0.474. The molecule has 0 aliphatic heterocycles. The van der Waals surface area contributed by atoms with E-state index in [1.165, 1.54) is 23.3 Å². The zero-order chi connectivity index (χ0) is 17.2. The van der Waals surface area contributed by atoms with Gasteiger partial charge in [0.2, 0.25) is 5.91 Å². The Labute approximate surface area is 145 Å². The highest BCUT2D eigenvalue weighted by Gasteiger charge is 2.14. The Morgan fingerprint density at radius 3 is 2.65 bits per heavy atom. The first-order valence-electron chi connectivity index (χ1n) is 7.21. The van der Waals surface area contributed by atoms with Crippen molar-refractivity contribution in [1.82, 2.24) is 0 Å². The van der Waals surface area contributed by atoms with Crippen molar-refractivity contribution in [2.24, 2.45) is 0 Å². The molecule has 0 spiro atoms. The largest absolute Gasteiger partial charge is 0.489 e. The molecule has 0 fully saturated rings. The van der Waals surface area contributed by atoms with Crippen LogP contribution in [-0.2, 0) is 11.2 Å². The van der Waals surface area contributed by atoms with E-state index in [4.69, 9.17) is 10.0 Å². The van der Waals surface area contributed by atoms with E-state index in [0.29, 0.717) is 10.5 Å². The molecule has 124 valence electrons. The molecule has 8 heteroatoms. The summed E-state index contributed by atoms with van der Waals surface area (Å²) < 4.78 is 3.12. The second-order valence-corrected chi connectivity index (χ2v) is 5.87. The number of hydrogen-bond donors (Lipinski definition) is 4. The summed E-state index contributed by atoms with van der Waals surface area (Å²) in [5.74, 6) is -0.142. The summed E-state index contributed by atoms with van der Waals surface area (Å²) in [6, 6.07) is 9.20. The van der Waals surface area contributed by atoms with Gasteiger partial charge in [0.25, 0.3) is 0 Å². The highest BCUT2D eigenvalue weighted by Crippen LogP contribution is 2.17. The number of rotatable bonds is 6.